The number of aliphatic hydroxyl groups is 1. The molecular formula is C17H18ClFN2O4S. The van der Waals surface area contributed by atoms with Crippen LogP contribution in [-0.2, 0) is 10.0 Å². The Morgan fingerprint density at radius 3 is 2.42 bits per heavy atom. The molecule has 6 nitrogen and oxygen atoms in total. The molecule has 2 N–H and O–H groups in total. The molecule has 2 aromatic rings. The van der Waals surface area contributed by atoms with Crippen LogP contribution in [0.3, 0.4) is 0 Å². The van der Waals surface area contributed by atoms with Crippen molar-refractivity contribution in [3.63, 3.8) is 0 Å². The molecule has 0 saturated heterocycles. The third-order valence-corrected chi connectivity index (χ3v) is 5.81. The molecule has 0 radical (unpaired) electrons. The number of sulfonamides is 1. The van der Waals surface area contributed by atoms with Crippen LogP contribution in [0.2, 0.25) is 5.02 Å². The van der Waals surface area contributed by atoms with E-state index in [4.69, 9.17) is 11.6 Å². The van der Waals surface area contributed by atoms with Crippen molar-refractivity contribution in [2.24, 2.45) is 0 Å². The molecule has 2 aromatic carbocycles. The van der Waals surface area contributed by atoms with Gasteiger partial charge in [-0.3, -0.25) is 4.79 Å². The number of nitrogens with one attached hydrogen (secondary N) is 1. The van der Waals surface area contributed by atoms with E-state index in [2.05, 4.69) is 5.32 Å². The Hall–Kier alpha value is -2.00. The minimum atomic E-state index is -3.72. The van der Waals surface area contributed by atoms with Gasteiger partial charge >= 0.3 is 0 Å². The number of carbonyl (C=O) groups excluding carboxylic acids is 1. The molecule has 26 heavy (non-hydrogen) atoms. The van der Waals surface area contributed by atoms with E-state index < -0.39 is 27.9 Å². The molecule has 1 unspecified atom stereocenters. The van der Waals surface area contributed by atoms with Crippen molar-refractivity contribution in [1.29, 1.82) is 0 Å². The van der Waals surface area contributed by atoms with Crippen LogP contribution in [0.5, 0.6) is 0 Å². The minimum Gasteiger partial charge on any atom is -0.387 e. The summed E-state index contributed by atoms with van der Waals surface area (Å²) in [7, 11) is -0.963. The number of hydrogen-bond acceptors (Lipinski definition) is 4. The van der Waals surface area contributed by atoms with E-state index in [1.54, 1.807) is 0 Å². The van der Waals surface area contributed by atoms with E-state index in [1.165, 1.54) is 56.6 Å². The highest BCUT2D eigenvalue weighted by Crippen LogP contribution is 2.22. The zero-order chi connectivity index (χ0) is 19.5. The van der Waals surface area contributed by atoms with E-state index in [0.29, 0.717) is 5.56 Å². The standard InChI is InChI=1S/C17H18ClFN2O4S/c1-21(2)26(24,25)13-7-8-15(18)14(9-13)17(23)20-10-16(22)11-3-5-12(19)6-4-11/h3-9,16,22H,10H2,1-2H3,(H,20,23). The fraction of sp³-hybridized carbons (Fsp3) is 0.235. The predicted molar refractivity (Wildman–Crippen MR) is 96.0 cm³/mol. The molecule has 0 fully saturated rings. The SMILES string of the molecule is CN(C)S(=O)(=O)c1ccc(Cl)c(C(=O)NCC(O)c2ccc(F)cc2)c1. The van der Waals surface area contributed by atoms with Gasteiger partial charge in [0, 0.05) is 20.6 Å². The monoisotopic (exact) mass is 400 g/mol. The second kappa shape index (κ2) is 8.13. The van der Waals surface area contributed by atoms with Crippen LogP contribution in [0.15, 0.2) is 47.4 Å². The summed E-state index contributed by atoms with van der Waals surface area (Å²) >= 11 is 6.00. The molecule has 0 aliphatic rings. The lowest BCUT2D eigenvalue weighted by Crippen LogP contribution is -2.29. The van der Waals surface area contributed by atoms with Crippen LogP contribution < -0.4 is 5.32 Å². The smallest absolute Gasteiger partial charge is 0.252 e. The van der Waals surface area contributed by atoms with E-state index in [1.807, 2.05) is 0 Å². The maximum Gasteiger partial charge on any atom is 0.252 e. The molecule has 1 atom stereocenters. The van der Waals surface area contributed by atoms with Gasteiger partial charge in [-0.25, -0.2) is 17.1 Å². The van der Waals surface area contributed by atoms with Crippen LogP contribution in [0.4, 0.5) is 4.39 Å². The zero-order valence-corrected chi connectivity index (χ0v) is 15.7. The van der Waals surface area contributed by atoms with Crippen molar-refractivity contribution in [1.82, 2.24) is 9.62 Å². The third kappa shape index (κ3) is 4.59. The number of carbonyl (C=O) groups is 1. The van der Waals surface area contributed by atoms with Crippen molar-refractivity contribution >= 4 is 27.5 Å². The maximum absolute atomic E-state index is 12.9. The summed E-state index contributed by atoms with van der Waals surface area (Å²) in [5, 5.41) is 12.6. The first kappa shape index (κ1) is 20.3. The van der Waals surface area contributed by atoms with Gasteiger partial charge in [-0.1, -0.05) is 23.7 Å². The fourth-order valence-electron chi connectivity index (χ4n) is 2.14. The first-order valence-electron chi connectivity index (χ1n) is 7.56. The van der Waals surface area contributed by atoms with Crippen molar-refractivity contribution in [2.45, 2.75) is 11.0 Å². The molecule has 1 amide bonds. The second-order valence-corrected chi connectivity index (χ2v) is 8.27. The molecule has 0 aromatic heterocycles. The fourth-order valence-corrected chi connectivity index (χ4v) is 3.27. The first-order chi connectivity index (χ1) is 12.1. The van der Waals surface area contributed by atoms with Gasteiger partial charge in [0.2, 0.25) is 10.0 Å². The summed E-state index contributed by atoms with van der Waals surface area (Å²) in [6, 6.07) is 9.02. The number of rotatable bonds is 6. The normalized spacial score (nSPS) is 12.8. The van der Waals surface area contributed by atoms with Crippen LogP contribution in [-0.4, -0.2) is 44.4 Å². The molecule has 2 rings (SSSR count). The molecule has 0 saturated carbocycles. The topological polar surface area (TPSA) is 86.7 Å². The summed E-state index contributed by atoms with van der Waals surface area (Å²) < 4.78 is 38.3. The van der Waals surface area contributed by atoms with Gasteiger partial charge < -0.3 is 10.4 Å². The van der Waals surface area contributed by atoms with Gasteiger partial charge in [0.15, 0.2) is 0 Å². The first-order valence-corrected chi connectivity index (χ1v) is 9.38. The lowest BCUT2D eigenvalue weighted by molar-refractivity contribution is 0.0916. The number of benzene rings is 2. The summed E-state index contributed by atoms with van der Waals surface area (Å²) in [6.07, 6.45) is -1.05. The highest BCUT2D eigenvalue weighted by Gasteiger charge is 2.21. The Kier molecular flexibility index (Phi) is 6.35. The van der Waals surface area contributed by atoms with Gasteiger partial charge in [-0.2, -0.15) is 0 Å². The quantitative estimate of drug-likeness (QED) is 0.778. The number of nitrogens with zero attached hydrogens (tertiary/aromatic N) is 1. The van der Waals surface area contributed by atoms with Gasteiger partial charge in [0.05, 0.1) is 21.6 Å². The minimum absolute atomic E-state index is 0.0269. The molecule has 0 bridgehead atoms. The average Bonchev–Trinajstić information content (AvgIpc) is 2.60. The molecule has 140 valence electrons. The molecule has 0 aliphatic carbocycles. The lowest BCUT2D eigenvalue weighted by Gasteiger charge is -2.15. The molecule has 0 heterocycles. The van der Waals surface area contributed by atoms with Crippen LogP contribution >= 0.6 is 11.6 Å². The summed E-state index contributed by atoms with van der Waals surface area (Å²) in [5.74, 6) is -1.07. The molecule has 0 spiro atoms. The van der Waals surface area contributed by atoms with Crippen LogP contribution in [0.25, 0.3) is 0 Å². The van der Waals surface area contributed by atoms with Gasteiger partial charge in [-0.15, -0.1) is 0 Å². The molecular weight excluding hydrogens is 383 g/mol. The van der Waals surface area contributed by atoms with Gasteiger partial charge in [-0.05, 0) is 35.9 Å². The number of amides is 1. The van der Waals surface area contributed by atoms with Gasteiger partial charge in [0.1, 0.15) is 5.82 Å². The molecule has 9 heteroatoms. The largest absolute Gasteiger partial charge is 0.387 e. The highest BCUT2D eigenvalue weighted by molar-refractivity contribution is 7.89. The summed E-state index contributed by atoms with van der Waals surface area (Å²) in [4.78, 5) is 12.3. The van der Waals surface area contributed by atoms with Crippen LogP contribution in [0, 0.1) is 5.82 Å². The van der Waals surface area contributed by atoms with Crippen molar-refractivity contribution in [2.75, 3.05) is 20.6 Å². The van der Waals surface area contributed by atoms with Crippen molar-refractivity contribution in [3.05, 3.63) is 64.4 Å². The van der Waals surface area contributed by atoms with E-state index in [-0.39, 0.29) is 22.0 Å². The number of hydrogen-bond donors (Lipinski definition) is 2. The molecule has 0 aliphatic heterocycles. The van der Waals surface area contributed by atoms with Gasteiger partial charge in [0.25, 0.3) is 5.91 Å². The van der Waals surface area contributed by atoms with Crippen LogP contribution in [0.1, 0.15) is 22.0 Å². The van der Waals surface area contributed by atoms with E-state index in [0.717, 1.165) is 4.31 Å². The van der Waals surface area contributed by atoms with E-state index in [9.17, 15) is 22.7 Å². The highest BCUT2D eigenvalue weighted by atomic mass is 35.5. The Bertz CT molecular complexity index is 901. The Morgan fingerprint density at radius 2 is 1.85 bits per heavy atom. The second-order valence-electron chi connectivity index (χ2n) is 5.71. The van der Waals surface area contributed by atoms with Crippen molar-refractivity contribution in [3.8, 4) is 0 Å². The van der Waals surface area contributed by atoms with E-state index >= 15 is 0 Å². The maximum atomic E-state index is 12.9. The predicted octanol–water partition coefficient (Wildman–Crippen LogP) is 2.19. The third-order valence-electron chi connectivity index (χ3n) is 3.67. The Labute approximate surface area is 156 Å². The number of halogens is 2. The summed E-state index contributed by atoms with van der Waals surface area (Å²) in [6.45, 7) is -0.147. The lowest BCUT2D eigenvalue weighted by atomic mass is 10.1. The summed E-state index contributed by atoms with van der Waals surface area (Å²) in [5.41, 5.74) is 0.405. The average molecular weight is 401 g/mol. The number of aliphatic hydroxyl groups excluding tert-OH is 1. The Morgan fingerprint density at radius 1 is 1.23 bits per heavy atom. The van der Waals surface area contributed by atoms with Crippen molar-refractivity contribution < 1.29 is 22.7 Å². The Balaban J connectivity index is 2.15. The zero-order valence-electron chi connectivity index (χ0n) is 14.1.